The van der Waals surface area contributed by atoms with Crippen molar-refractivity contribution in [1.82, 2.24) is 14.0 Å². The Morgan fingerprint density at radius 3 is 2.48 bits per heavy atom. The molecule has 1 aliphatic heterocycles. The summed E-state index contributed by atoms with van der Waals surface area (Å²) in [5.74, 6) is 0.997. The fourth-order valence-electron chi connectivity index (χ4n) is 2.65. The lowest BCUT2D eigenvalue weighted by Crippen LogP contribution is -2.40. The summed E-state index contributed by atoms with van der Waals surface area (Å²) in [5.41, 5.74) is 0.918. The third-order valence-corrected chi connectivity index (χ3v) is 5.48. The summed E-state index contributed by atoms with van der Waals surface area (Å²) in [7, 11) is -3.48. The molecule has 1 aromatic carbocycles. The van der Waals surface area contributed by atoms with Crippen molar-refractivity contribution < 1.29 is 12.8 Å². The van der Waals surface area contributed by atoms with Crippen LogP contribution in [0, 0.1) is 0 Å². The Hall–Kier alpha value is -1.70. The van der Waals surface area contributed by atoms with Gasteiger partial charge in [-0.05, 0) is 12.8 Å². The maximum atomic E-state index is 12.3. The molecule has 0 saturated carbocycles. The van der Waals surface area contributed by atoms with Crippen LogP contribution in [0.25, 0.3) is 11.3 Å². The molecule has 1 aliphatic rings. The highest BCUT2D eigenvalue weighted by molar-refractivity contribution is 7.87. The van der Waals surface area contributed by atoms with Crippen LogP contribution in [0.4, 0.5) is 0 Å². The molecule has 23 heavy (non-hydrogen) atoms. The van der Waals surface area contributed by atoms with Gasteiger partial charge in [0.2, 0.25) is 5.89 Å². The molecule has 2 aromatic rings. The average molecular weight is 335 g/mol. The summed E-state index contributed by atoms with van der Waals surface area (Å²) in [6.45, 7) is 1.22. The van der Waals surface area contributed by atoms with Gasteiger partial charge < -0.3 is 4.42 Å². The quantitative estimate of drug-likeness (QED) is 0.911. The number of nitrogens with zero attached hydrogens (tertiary/aromatic N) is 2. The fraction of sp³-hybridized carbons (Fsp3) is 0.438. The van der Waals surface area contributed by atoms with E-state index in [0.717, 1.165) is 31.2 Å². The summed E-state index contributed by atoms with van der Waals surface area (Å²) in [6.07, 6.45) is 5.62. The summed E-state index contributed by atoms with van der Waals surface area (Å²) in [5, 5.41) is 0. The number of oxazole rings is 1. The van der Waals surface area contributed by atoms with Crippen molar-refractivity contribution >= 4 is 10.2 Å². The zero-order chi connectivity index (χ0) is 16.1. The van der Waals surface area contributed by atoms with E-state index in [1.54, 1.807) is 6.20 Å². The van der Waals surface area contributed by atoms with Gasteiger partial charge in [0.05, 0.1) is 12.7 Å². The molecule has 1 fully saturated rings. The van der Waals surface area contributed by atoms with E-state index in [4.69, 9.17) is 4.42 Å². The summed E-state index contributed by atoms with van der Waals surface area (Å²) >= 11 is 0. The van der Waals surface area contributed by atoms with Gasteiger partial charge >= 0.3 is 0 Å². The SMILES string of the molecule is O=S(=O)(NCc1ncc(-c2ccccc2)o1)N1CCCCCC1. The topological polar surface area (TPSA) is 75.4 Å². The van der Waals surface area contributed by atoms with E-state index in [9.17, 15) is 8.42 Å². The minimum atomic E-state index is -3.48. The van der Waals surface area contributed by atoms with Crippen molar-refractivity contribution in [2.24, 2.45) is 0 Å². The van der Waals surface area contributed by atoms with Crippen LogP contribution in [-0.4, -0.2) is 30.8 Å². The molecule has 3 rings (SSSR count). The van der Waals surface area contributed by atoms with Gasteiger partial charge in [-0.1, -0.05) is 43.2 Å². The molecule has 1 N–H and O–H groups in total. The first-order valence-corrected chi connectivity index (χ1v) is 9.34. The lowest BCUT2D eigenvalue weighted by atomic mass is 10.2. The van der Waals surface area contributed by atoms with Crippen LogP contribution in [0.3, 0.4) is 0 Å². The Morgan fingerprint density at radius 2 is 1.78 bits per heavy atom. The largest absolute Gasteiger partial charge is 0.439 e. The smallest absolute Gasteiger partial charge is 0.279 e. The Bertz CT molecular complexity index is 720. The molecule has 0 radical (unpaired) electrons. The number of nitrogens with one attached hydrogen (secondary N) is 1. The Kier molecular flexibility index (Phi) is 5.09. The van der Waals surface area contributed by atoms with Crippen molar-refractivity contribution in [2.45, 2.75) is 32.2 Å². The van der Waals surface area contributed by atoms with Crippen LogP contribution < -0.4 is 4.72 Å². The van der Waals surface area contributed by atoms with Gasteiger partial charge in [0.15, 0.2) is 5.76 Å². The molecule has 6 nitrogen and oxygen atoms in total. The molecular weight excluding hydrogens is 314 g/mol. The van der Waals surface area contributed by atoms with Crippen molar-refractivity contribution in [3.63, 3.8) is 0 Å². The van der Waals surface area contributed by atoms with E-state index < -0.39 is 10.2 Å². The molecule has 7 heteroatoms. The second-order valence-electron chi connectivity index (χ2n) is 5.62. The van der Waals surface area contributed by atoms with Gasteiger partial charge in [0.1, 0.15) is 0 Å². The summed E-state index contributed by atoms with van der Waals surface area (Å²) < 4.78 is 34.4. The highest BCUT2D eigenvalue weighted by Crippen LogP contribution is 2.20. The molecule has 0 bridgehead atoms. The number of aromatic nitrogens is 1. The third kappa shape index (κ3) is 4.19. The Labute approximate surface area is 136 Å². The van der Waals surface area contributed by atoms with Crippen molar-refractivity contribution in [2.75, 3.05) is 13.1 Å². The zero-order valence-electron chi connectivity index (χ0n) is 12.9. The Balaban J connectivity index is 1.63. The standard InChI is InChI=1S/C16H21N3O3S/c20-23(21,19-10-6-1-2-7-11-19)18-13-16-17-12-15(22-16)14-8-4-3-5-9-14/h3-5,8-9,12,18H,1-2,6-7,10-11,13H2. The predicted molar refractivity (Wildman–Crippen MR) is 87.7 cm³/mol. The lowest BCUT2D eigenvalue weighted by molar-refractivity contribution is 0.409. The molecule has 0 atom stereocenters. The number of hydrogen-bond donors (Lipinski definition) is 1. The average Bonchev–Trinajstić information content (AvgIpc) is 2.86. The van der Waals surface area contributed by atoms with Gasteiger partial charge in [-0.25, -0.2) is 4.98 Å². The van der Waals surface area contributed by atoms with Crippen LogP contribution in [0.2, 0.25) is 0 Å². The second kappa shape index (κ2) is 7.25. The first-order valence-electron chi connectivity index (χ1n) is 7.90. The summed E-state index contributed by atoms with van der Waals surface area (Å²) in [6, 6.07) is 9.60. The van der Waals surface area contributed by atoms with E-state index in [0.29, 0.717) is 24.7 Å². The van der Waals surface area contributed by atoms with Crippen molar-refractivity contribution in [3.05, 3.63) is 42.4 Å². The van der Waals surface area contributed by atoms with Crippen LogP contribution in [0.15, 0.2) is 40.9 Å². The van der Waals surface area contributed by atoms with Gasteiger partial charge in [-0.3, -0.25) is 0 Å². The van der Waals surface area contributed by atoms with Gasteiger partial charge in [-0.15, -0.1) is 0 Å². The van der Waals surface area contributed by atoms with Gasteiger partial charge in [0, 0.05) is 18.7 Å². The number of benzene rings is 1. The zero-order valence-corrected chi connectivity index (χ0v) is 13.8. The van der Waals surface area contributed by atoms with Crippen LogP contribution >= 0.6 is 0 Å². The molecule has 2 heterocycles. The molecule has 1 saturated heterocycles. The highest BCUT2D eigenvalue weighted by Gasteiger charge is 2.23. The molecule has 1 aromatic heterocycles. The minimum absolute atomic E-state index is 0.0612. The fourth-order valence-corrected chi connectivity index (χ4v) is 3.88. The van der Waals surface area contributed by atoms with Crippen LogP contribution in [-0.2, 0) is 16.8 Å². The van der Waals surface area contributed by atoms with Crippen LogP contribution in [0.1, 0.15) is 31.6 Å². The molecule has 0 unspecified atom stereocenters. The van der Waals surface area contributed by atoms with Gasteiger partial charge in [0.25, 0.3) is 10.2 Å². The second-order valence-corrected chi connectivity index (χ2v) is 7.38. The maximum Gasteiger partial charge on any atom is 0.279 e. The van der Waals surface area contributed by atoms with E-state index in [1.807, 2.05) is 30.3 Å². The lowest BCUT2D eigenvalue weighted by Gasteiger charge is -2.19. The first-order chi connectivity index (χ1) is 11.1. The third-order valence-electron chi connectivity index (χ3n) is 3.92. The molecular formula is C16H21N3O3S. The predicted octanol–water partition coefficient (Wildman–Crippen LogP) is 2.55. The first kappa shape index (κ1) is 16.2. The van der Waals surface area contributed by atoms with E-state index in [1.165, 1.54) is 4.31 Å². The highest BCUT2D eigenvalue weighted by atomic mass is 32.2. The minimum Gasteiger partial charge on any atom is -0.439 e. The number of hydrogen-bond acceptors (Lipinski definition) is 4. The molecule has 0 spiro atoms. The van der Waals surface area contributed by atoms with Crippen molar-refractivity contribution in [3.8, 4) is 11.3 Å². The molecule has 0 aliphatic carbocycles. The molecule has 0 amide bonds. The number of rotatable bonds is 5. The van der Waals surface area contributed by atoms with Gasteiger partial charge in [-0.2, -0.15) is 17.4 Å². The summed E-state index contributed by atoms with van der Waals surface area (Å²) in [4.78, 5) is 4.15. The van der Waals surface area contributed by atoms with E-state index in [2.05, 4.69) is 9.71 Å². The Morgan fingerprint density at radius 1 is 1.09 bits per heavy atom. The van der Waals surface area contributed by atoms with E-state index >= 15 is 0 Å². The monoisotopic (exact) mass is 335 g/mol. The normalized spacial score (nSPS) is 17.0. The van der Waals surface area contributed by atoms with Crippen molar-refractivity contribution in [1.29, 1.82) is 0 Å². The maximum absolute atomic E-state index is 12.3. The van der Waals surface area contributed by atoms with E-state index in [-0.39, 0.29) is 6.54 Å². The van der Waals surface area contributed by atoms with Crippen LogP contribution in [0.5, 0.6) is 0 Å². The molecule has 124 valence electrons.